The molecule has 3 heterocycles. The molecule has 1 amide bonds. The van der Waals surface area contributed by atoms with Gasteiger partial charge in [0.2, 0.25) is 5.69 Å². The van der Waals surface area contributed by atoms with Gasteiger partial charge in [-0.25, -0.2) is 9.18 Å². The van der Waals surface area contributed by atoms with Crippen LogP contribution in [0.25, 0.3) is 27.9 Å². The van der Waals surface area contributed by atoms with E-state index >= 15 is 4.39 Å². The Hall–Kier alpha value is -4.88. The summed E-state index contributed by atoms with van der Waals surface area (Å²) in [6, 6.07) is 12.5. The molecule has 0 spiro atoms. The van der Waals surface area contributed by atoms with Crippen LogP contribution in [0.1, 0.15) is 18.2 Å². The van der Waals surface area contributed by atoms with Gasteiger partial charge in [-0.2, -0.15) is 14.5 Å². The Morgan fingerprint density at radius 1 is 1.18 bits per heavy atom. The number of anilines is 1. The quantitative estimate of drug-likeness (QED) is 0.214. The van der Waals surface area contributed by atoms with Gasteiger partial charge in [-0.1, -0.05) is 23.7 Å². The average Bonchev–Trinajstić information content (AvgIpc) is 3.67. The number of benzene rings is 2. The minimum atomic E-state index is -0.723. The van der Waals surface area contributed by atoms with E-state index in [-0.39, 0.29) is 34.9 Å². The summed E-state index contributed by atoms with van der Waals surface area (Å²) in [5.41, 5.74) is 3.05. The number of rotatable bonds is 8. The van der Waals surface area contributed by atoms with Crippen molar-refractivity contribution >= 4 is 23.4 Å². The third-order valence-corrected chi connectivity index (χ3v) is 6.51. The predicted octanol–water partition coefficient (Wildman–Crippen LogP) is 3.77. The molecule has 5 rings (SSSR count). The molecule has 0 bridgehead atoms. The average molecular weight is 565 g/mol. The maximum atomic E-state index is 15.2. The monoisotopic (exact) mass is 564 g/mol. The van der Waals surface area contributed by atoms with Crippen LogP contribution in [0.4, 0.5) is 14.9 Å². The SMILES string of the molecule is COC(=O)Nc1ccc(-c2cnn([C@H](CCO)c3ccc(-c4c(-n5cnnn5)ccc(Cl)c4F)c[n+]3[O-])c2)cc1. The standard InChI is InChI=1S/C26H22ClFN8O4/c1-40-26(38)31-19-5-2-16(3-6-19)18-12-30-34(13-18)21(10-11-37)22-8-4-17(14-36(22)39)24-23(35-15-29-32-33-35)9-7-20(27)25(24)28/h2-9,12-15,21,37H,10-11H2,1H3,(H,31,38)/t21-/m1/s1. The maximum absolute atomic E-state index is 15.2. The lowest BCUT2D eigenvalue weighted by Gasteiger charge is -2.17. The number of aliphatic hydroxyl groups excluding tert-OH is 1. The Kier molecular flexibility index (Phi) is 7.66. The van der Waals surface area contributed by atoms with Crippen molar-refractivity contribution in [2.45, 2.75) is 12.5 Å². The second-order valence-electron chi connectivity index (χ2n) is 8.61. The largest absolute Gasteiger partial charge is 0.618 e. The van der Waals surface area contributed by atoms with Gasteiger partial charge in [-0.15, -0.1) is 5.10 Å². The first-order valence-corrected chi connectivity index (χ1v) is 12.3. The second kappa shape index (κ2) is 11.5. The van der Waals surface area contributed by atoms with Crippen LogP contribution in [-0.2, 0) is 4.74 Å². The molecule has 14 heteroatoms. The normalized spacial score (nSPS) is 11.8. The van der Waals surface area contributed by atoms with Crippen molar-refractivity contribution in [2.24, 2.45) is 0 Å². The highest BCUT2D eigenvalue weighted by Crippen LogP contribution is 2.33. The number of aromatic nitrogens is 7. The molecular formula is C26H22ClFN8O4. The van der Waals surface area contributed by atoms with Crippen LogP contribution in [0.3, 0.4) is 0 Å². The Balaban J connectivity index is 1.47. The number of nitrogens with zero attached hydrogens (tertiary/aromatic N) is 7. The smallest absolute Gasteiger partial charge is 0.411 e. The summed E-state index contributed by atoms with van der Waals surface area (Å²) in [4.78, 5) is 11.4. The van der Waals surface area contributed by atoms with Crippen LogP contribution in [0.2, 0.25) is 5.02 Å². The molecule has 0 radical (unpaired) electrons. The van der Waals surface area contributed by atoms with Gasteiger partial charge in [-0.3, -0.25) is 10.00 Å². The Morgan fingerprint density at radius 2 is 1.95 bits per heavy atom. The van der Waals surface area contributed by atoms with Crippen molar-refractivity contribution in [3.05, 3.63) is 95.2 Å². The van der Waals surface area contributed by atoms with E-state index in [4.69, 9.17) is 11.6 Å². The number of nitrogens with one attached hydrogen (secondary N) is 1. The van der Waals surface area contributed by atoms with Crippen molar-refractivity contribution in [1.82, 2.24) is 30.0 Å². The van der Waals surface area contributed by atoms with Crippen LogP contribution < -0.4 is 10.0 Å². The predicted molar refractivity (Wildman–Crippen MR) is 142 cm³/mol. The summed E-state index contributed by atoms with van der Waals surface area (Å²) in [6.07, 6.45) is 5.56. The number of aliphatic hydroxyl groups is 1. The first-order valence-electron chi connectivity index (χ1n) is 11.9. The molecule has 3 aromatic heterocycles. The summed E-state index contributed by atoms with van der Waals surface area (Å²) in [5, 5.41) is 40.9. The third-order valence-electron chi connectivity index (χ3n) is 6.22. The first kappa shape index (κ1) is 26.7. The van der Waals surface area contributed by atoms with E-state index in [2.05, 4.69) is 30.7 Å². The number of amides is 1. The Morgan fingerprint density at radius 3 is 2.62 bits per heavy atom. The first-order chi connectivity index (χ1) is 19.4. The highest BCUT2D eigenvalue weighted by molar-refractivity contribution is 6.31. The molecule has 0 saturated carbocycles. The molecule has 0 aliphatic heterocycles. The van der Waals surface area contributed by atoms with Gasteiger partial charge >= 0.3 is 6.09 Å². The Bertz CT molecular complexity index is 1640. The zero-order chi connectivity index (χ0) is 28.2. The number of carbonyl (C=O) groups is 1. The molecule has 12 nitrogen and oxygen atoms in total. The lowest BCUT2D eigenvalue weighted by Crippen LogP contribution is -2.35. The third kappa shape index (κ3) is 5.32. The van der Waals surface area contributed by atoms with Gasteiger partial charge in [-0.05, 0) is 46.3 Å². The van der Waals surface area contributed by atoms with Crippen LogP contribution in [0.15, 0.2) is 73.4 Å². The van der Waals surface area contributed by atoms with E-state index in [1.54, 1.807) is 59.5 Å². The fourth-order valence-corrected chi connectivity index (χ4v) is 4.44. The molecule has 1 atom stereocenters. The highest BCUT2D eigenvalue weighted by Gasteiger charge is 2.25. The fourth-order valence-electron chi connectivity index (χ4n) is 4.29. The zero-order valence-corrected chi connectivity index (χ0v) is 21.7. The van der Waals surface area contributed by atoms with Crippen molar-refractivity contribution in [2.75, 3.05) is 19.0 Å². The van der Waals surface area contributed by atoms with Gasteiger partial charge in [0.05, 0.1) is 35.1 Å². The highest BCUT2D eigenvalue weighted by atomic mass is 35.5. The molecule has 0 unspecified atom stereocenters. The molecule has 0 aliphatic rings. The lowest BCUT2D eigenvalue weighted by molar-refractivity contribution is -0.615. The number of tetrazole rings is 1. The van der Waals surface area contributed by atoms with E-state index in [9.17, 15) is 15.1 Å². The summed E-state index contributed by atoms with van der Waals surface area (Å²) < 4.78 is 23.3. The molecule has 5 aromatic rings. The van der Waals surface area contributed by atoms with E-state index in [1.165, 1.54) is 30.4 Å². The maximum Gasteiger partial charge on any atom is 0.411 e. The van der Waals surface area contributed by atoms with Crippen molar-refractivity contribution in [3.8, 4) is 27.9 Å². The number of pyridine rings is 1. The number of hydrogen-bond donors (Lipinski definition) is 2. The van der Waals surface area contributed by atoms with Crippen LogP contribution in [0.5, 0.6) is 0 Å². The molecule has 204 valence electrons. The van der Waals surface area contributed by atoms with E-state index in [0.717, 1.165) is 11.1 Å². The van der Waals surface area contributed by atoms with Gasteiger partial charge in [0, 0.05) is 36.5 Å². The minimum Gasteiger partial charge on any atom is -0.618 e. The number of ether oxygens (including phenoxy) is 1. The van der Waals surface area contributed by atoms with Gasteiger partial charge in [0.1, 0.15) is 12.4 Å². The van der Waals surface area contributed by atoms with Crippen LogP contribution in [0, 0.1) is 11.0 Å². The summed E-state index contributed by atoms with van der Waals surface area (Å²) >= 11 is 6.05. The van der Waals surface area contributed by atoms with Gasteiger partial charge in [0.15, 0.2) is 12.0 Å². The minimum absolute atomic E-state index is 0.0566. The van der Waals surface area contributed by atoms with Gasteiger partial charge in [0.25, 0.3) is 0 Å². The molecule has 2 N–H and O–H groups in total. The van der Waals surface area contributed by atoms with Crippen LogP contribution in [-0.4, -0.2) is 54.9 Å². The van der Waals surface area contributed by atoms with Crippen molar-refractivity contribution in [3.63, 3.8) is 0 Å². The number of hydrogen-bond acceptors (Lipinski definition) is 8. The summed E-state index contributed by atoms with van der Waals surface area (Å²) in [6.45, 7) is -0.206. The molecule has 40 heavy (non-hydrogen) atoms. The van der Waals surface area contributed by atoms with Gasteiger partial charge < -0.3 is 15.1 Å². The van der Waals surface area contributed by atoms with Crippen molar-refractivity contribution < 1.29 is 23.8 Å². The second-order valence-corrected chi connectivity index (χ2v) is 9.02. The van der Waals surface area contributed by atoms with Crippen LogP contribution >= 0.6 is 11.6 Å². The fraction of sp³-hybridized carbons (Fsp3) is 0.154. The molecular weight excluding hydrogens is 543 g/mol. The number of halogens is 2. The number of methoxy groups -OCH3 is 1. The van der Waals surface area contributed by atoms with E-state index < -0.39 is 18.0 Å². The number of carbonyl (C=O) groups excluding carboxylic acids is 1. The lowest BCUT2D eigenvalue weighted by atomic mass is 10.0. The Labute approximate surface area is 231 Å². The molecule has 2 aromatic carbocycles. The molecule has 0 fully saturated rings. The summed E-state index contributed by atoms with van der Waals surface area (Å²) in [5.74, 6) is -0.723. The topological polar surface area (TPSA) is 147 Å². The van der Waals surface area contributed by atoms with E-state index in [0.29, 0.717) is 16.1 Å². The molecule has 0 saturated heterocycles. The summed E-state index contributed by atoms with van der Waals surface area (Å²) in [7, 11) is 1.28. The zero-order valence-electron chi connectivity index (χ0n) is 21.0. The molecule has 0 aliphatic carbocycles. The van der Waals surface area contributed by atoms with E-state index in [1.807, 2.05) is 0 Å². The van der Waals surface area contributed by atoms with Crippen molar-refractivity contribution in [1.29, 1.82) is 0 Å².